The molecule has 0 heterocycles. The van der Waals surface area contributed by atoms with Gasteiger partial charge in [0.2, 0.25) is 0 Å². The Morgan fingerprint density at radius 3 is 1.09 bits per heavy atom. The van der Waals surface area contributed by atoms with Gasteiger partial charge in [-0.05, 0) is 69.5 Å². The van der Waals surface area contributed by atoms with Gasteiger partial charge < -0.3 is 18.9 Å². The van der Waals surface area contributed by atoms with Crippen LogP contribution in [0.1, 0.15) is 74.9 Å². The number of hydrogen-bond acceptors (Lipinski definition) is 5. The molecule has 0 bridgehead atoms. The van der Waals surface area contributed by atoms with Gasteiger partial charge in [0.15, 0.2) is 0 Å². The van der Waals surface area contributed by atoms with E-state index in [1.165, 1.54) is 11.1 Å². The van der Waals surface area contributed by atoms with Crippen molar-refractivity contribution in [2.45, 2.75) is 62.2 Å². The first kappa shape index (κ1) is 33.8. The first-order chi connectivity index (χ1) is 21.4. The summed E-state index contributed by atoms with van der Waals surface area (Å²) >= 11 is 1.79. The summed E-state index contributed by atoms with van der Waals surface area (Å²) in [6.45, 7) is 13.5. The molecule has 0 aliphatic heterocycles. The molecule has 236 valence electrons. The normalized spacial score (nSPS) is 12.1. The van der Waals surface area contributed by atoms with Crippen LogP contribution in [0.2, 0.25) is 0 Å². The minimum Gasteiger partial charge on any atom is -0.497 e. The molecule has 0 aliphatic rings. The molecule has 4 aromatic carbocycles. The van der Waals surface area contributed by atoms with Crippen LogP contribution in [0.15, 0.2) is 82.6 Å². The van der Waals surface area contributed by atoms with Crippen LogP contribution in [-0.2, 0) is 10.8 Å². The van der Waals surface area contributed by atoms with E-state index in [1.807, 2.05) is 24.3 Å². The second-order valence-corrected chi connectivity index (χ2v) is 14.0. The summed E-state index contributed by atoms with van der Waals surface area (Å²) in [5.41, 5.74) is 6.40. The van der Waals surface area contributed by atoms with Crippen molar-refractivity contribution in [2.24, 2.45) is 0 Å². The summed E-state index contributed by atoms with van der Waals surface area (Å²) in [5.74, 6) is 3.43. The van der Waals surface area contributed by atoms with Crippen LogP contribution in [0, 0.1) is 0 Å². The molecule has 0 fully saturated rings. The highest BCUT2D eigenvalue weighted by molar-refractivity contribution is 7.99. The van der Waals surface area contributed by atoms with Gasteiger partial charge in [0.25, 0.3) is 0 Å². The van der Waals surface area contributed by atoms with E-state index in [0.717, 1.165) is 55.0 Å². The van der Waals surface area contributed by atoms with Crippen molar-refractivity contribution >= 4 is 36.1 Å². The number of rotatable bonds is 10. The Morgan fingerprint density at radius 2 is 0.800 bits per heavy atom. The van der Waals surface area contributed by atoms with E-state index in [9.17, 15) is 0 Å². The highest BCUT2D eigenvalue weighted by atomic mass is 32.2. The third-order valence-corrected chi connectivity index (χ3v) is 8.87. The largest absolute Gasteiger partial charge is 0.497 e. The summed E-state index contributed by atoms with van der Waals surface area (Å²) < 4.78 is 22.7. The highest BCUT2D eigenvalue weighted by Crippen LogP contribution is 2.49. The molecule has 0 spiro atoms. The predicted molar refractivity (Wildman–Crippen MR) is 191 cm³/mol. The zero-order valence-electron chi connectivity index (χ0n) is 28.3. The Labute approximate surface area is 274 Å². The molecule has 4 rings (SSSR count). The molecule has 0 aliphatic carbocycles. The number of benzene rings is 4. The zero-order chi connectivity index (χ0) is 32.8. The van der Waals surface area contributed by atoms with Crippen molar-refractivity contribution in [3.8, 4) is 23.0 Å². The third kappa shape index (κ3) is 8.15. The average molecular weight is 623 g/mol. The Morgan fingerprint density at radius 1 is 0.444 bits per heavy atom. The fraction of sp³-hybridized carbons (Fsp3) is 0.300. The van der Waals surface area contributed by atoms with Gasteiger partial charge >= 0.3 is 0 Å². The van der Waals surface area contributed by atoms with E-state index < -0.39 is 0 Å². The molecule has 0 atom stereocenters. The first-order valence-corrected chi connectivity index (χ1v) is 16.0. The van der Waals surface area contributed by atoms with Crippen LogP contribution < -0.4 is 18.9 Å². The lowest BCUT2D eigenvalue weighted by Crippen LogP contribution is -2.17. The topological polar surface area (TPSA) is 36.9 Å². The summed E-state index contributed by atoms with van der Waals surface area (Å²) in [6.07, 6.45) is 8.70. The van der Waals surface area contributed by atoms with E-state index >= 15 is 0 Å². The molecule has 0 saturated heterocycles. The van der Waals surface area contributed by atoms with E-state index in [4.69, 9.17) is 18.9 Å². The fourth-order valence-corrected chi connectivity index (χ4v) is 7.04. The SMILES string of the molecule is COc1ccc(/C=C\c2ccc(OC)c(C(C)(C)C)c2Sc2c(/C=C\c3ccc(OC)cc3)ccc(OC)c2C(C)(C)C)cc1. The van der Waals surface area contributed by atoms with Gasteiger partial charge in [-0.3, -0.25) is 0 Å². The summed E-state index contributed by atoms with van der Waals surface area (Å²) in [5, 5.41) is 0. The van der Waals surface area contributed by atoms with Crippen molar-refractivity contribution < 1.29 is 18.9 Å². The molecule has 5 heteroatoms. The quantitative estimate of drug-likeness (QED) is 0.165. The molecule has 0 amide bonds. The van der Waals surface area contributed by atoms with E-state index in [0.29, 0.717) is 0 Å². The molecular formula is C40H46O4S. The predicted octanol–water partition coefficient (Wildman–Crippen LogP) is 10.8. The van der Waals surface area contributed by atoms with Crippen molar-refractivity contribution in [2.75, 3.05) is 28.4 Å². The first-order valence-electron chi connectivity index (χ1n) is 15.1. The van der Waals surface area contributed by atoms with Crippen LogP contribution in [0.5, 0.6) is 23.0 Å². The van der Waals surface area contributed by atoms with Crippen LogP contribution in [-0.4, -0.2) is 28.4 Å². The van der Waals surface area contributed by atoms with Gasteiger partial charge in [0.05, 0.1) is 28.4 Å². The van der Waals surface area contributed by atoms with Gasteiger partial charge in [-0.15, -0.1) is 0 Å². The maximum atomic E-state index is 5.99. The summed E-state index contributed by atoms with van der Waals surface area (Å²) in [7, 11) is 6.87. The Balaban J connectivity index is 1.95. The minimum atomic E-state index is -0.183. The van der Waals surface area contributed by atoms with Crippen molar-refractivity contribution in [1.82, 2.24) is 0 Å². The van der Waals surface area contributed by atoms with Crippen LogP contribution in [0.3, 0.4) is 0 Å². The maximum absolute atomic E-state index is 5.99. The standard InChI is InChI=1S/C40H46O4S/c1-39(2,3)35-33(43-9)25-19-29(17-11-27-13-21-31(41-7)22-14-27)37(35)45-38-30(18-12-28-15-23-32(42-8)24-16-28)20-26-34(44-10)36(38)40(4,5)6/h11-26H,1-10H3/b17-11-,18-12-. The van der Waals surface area contributed by atoms with Gasteiger partial charge in [-0.1, -0.05) is 114 Å². The van der Waals surface area contributed by atoms with Crippen LogP contribution in [0.25, 0.3) is 24.3 Å². The maximum Gasteiger partial charge on any atom is 0.123 e. The molecule has 4 nitrogen and oxygen atoms in total. The van der Waals surface area contributed by atoms with Gasteiger partial charge in [0.1, 0.15) is 23.0 Å². The molecule has 4 aromatic rings. The van der Waals surface area contributed by atoms with Crippen molar-refractivity contribution in [1.29, 1.82) is 0 Å². The zero-order valence-corrected chi connectivity index (χ0v) is 29.1. The van der Waals surface area contributed by atoms with E-state index in [-0.39, 0.29) is 10.8 Å². The Kier molecular flexibility index (Phi) is 10.8. The number of methoxy groups -OCH3 is 4. The molecule has 0 saturated carbocycles. The molecule has 45 heavy (non-hydrogen) atoms. The molecule has 0 unspecified atom stereocenters. The molecule has 0 aromatic heterocycles. The van der Waals surface area contributed by atoms with E-state index in [1.54, 1.807) is 40.2 Å². The Hall–Kier alpha value is -4.09. The molecule has 0 radical (unpaired) electrons. The monoisotopic (exact) mass is 622 g/mol. The van der Waals surface area contributed by atoms with Gasteiger partial charge in [-0.25, -0.2) is 0 Å². The van der Waals surface area contributed by atoms with Gasteiger partial charge in [0, 0.05) is 20.9 Å². The molecular weight excluding hydrogens is 577 g/mol. The average Bonchev–Trinajstić information content (AvgIpc) is 3.02. The second kappa shape index (κ2) is 14.3. The third-order valence-electron chi connectivity index (χ3n) is 7.59. The highest BCUT2D eigenvalue weighted by Gasteiger charge is 2.30. The van der Waals surface area contributed by atoms with Gasteiger partial charge in [-0.2, -0.15) is 0 Å². The summed E-state index contributed by atoms with van der Waals surface area (Å²) in [6, 6.07) is 24.7. The van der Waals surface area contributed by atoms with Crippen molar-refractivity contribution in [3.05, 3.63) is 106 Å². The number of ether oxygens (including phenoxy) is 4. The molecule has 0 N–H and O–H groups in total. The minimum absolute atomic E-state index is 0.183. The fourth-order valence-electron chi connectivity index (χ4n) is 5.31. The lowest BCUT2D eigenvalue weighted by molar-refractivity contribution is 0.393. The Bertz CT molecular complexity index is 1530. The lowest BCUT2D eigenvalue weighted by Gasteiger charge is -2.30. The van der Waals surface area contributed by atoms with Crippen LogP contribution >= 0.6 is 11.8 Å². The van der Waals surface area contributed by atoms with Crippen LogP contribution in [0.4, 0.5) is 0 Å². The second-order valence-electron chi connectivity index (χ2n) is 12.9. The summed E-state index contributed by atoms with van der Waals surface area (Å²) in [4.78, 5) is 2.31. The van der Waals surface area contributed by atoms with E-state index in [2.05, 4.69) is 114 Å². The number of hydrogen-bond donors (Lipinski definition) is 0. The lowest BCUT2D eigenvalue weighted by atomic mass is 9.84. The smallest absolute Gasteiger partial charge is 0.123 e. The van der Waals surface area contributed by atoms with Crippen molar-refractivity contribution in [3.63, 3.8) is 0 Å².